The summed E-state index contributed by atoms with van der Waals surface area (Å²) in [6.45, 7) is 0.179. The molecule has 3 rings (SSSR count). The second-order valence-electron chi connectivity index (χ2n) is 4.64. The number of imide groups is 1. The van der Waals surface area contributed by atoms with Gasteiger partial charge in [0.05, 0.1) is 11.4 Å². The molecule has 2 heterocycles. The van der Waals surface area contributed by atoms with Crippen molar-refractivity contribution in [3.05, 3.63) is 69.8 Å². The van der Waals surface area contributed by atoms with Gasteiger partial charge in [0.15, 0.2) is 0 Å². The summed E-state index contributed by atoms with van der Waals surface area (Å²) in [5.74, 6) is -0.299. The molecular weight excluding hydrogens is 320 g/mol. The van der Waals surface area contributed by atoms with E-state index in [2.05, 4.69) is 4.98 Å². The van der Waals surface area contributed by atoms with E-state index < -0.39 is 0 Å². The fourth-order valence-corrected chi connectivity index (χ4v) is 3.08. The van der Waals surface area contributed by atoms with Crippen molar-refractivity contribution in [2.24, 2.45) is 0 Å². The molecule has 0 spiro atoms. The molecule has 6 heteroatoms. The van der Waals surface area contributed by atoms with E-state index in [1.807, 2.05) is 12.1 Å². The molecule has 0 aliphatic carbocycles. The number of hydrogen-bond donors (Lipinski definition) is 0. The van der Waals surface area contributed by atoms with Crippen LogP contribution in [0.4, 0.5) is 4.79 Å². The lowest BCUT2D eigenvalue weighted by atomic mass is 10.2. The Morgan fingerprint density at radius 1 is 1.14 bits per heavy atom. The van der Waals surface area contributed by atoms with E-state index in [1.165, 1.54) is 4.90 Å². The highest BCUT2D eigenvalue weighted by molar-refractivity contribution is 8.18. The molecule has 0 bridgehead atoms. The number of thioether (sulfide) groups is 1. The number of pyridine rings is 1. The van der Waals surface area contributed by atoms with Crippen LogP contribution in [0.5, 0.6) is 0 Å². The van der Waals surface area contributed by atoms with E-state index in [4.69, 9.17) is 11.6 Å². The van der Waals surface area contributed by atoms with Crippen molar-refractivity contribution < 1.29 is 9.59 Å². The molecule has 0 radical (unpaired) electrons. The summed E-state index contributed by atoms with van der Waals surface area (Å²) in [7, 11) is 0. The van der Waals surface area contributed by atoms with Gasteiger partial charge in [0, 0.05) is 17.4 Å². The predicted octanol–water partition coefficient (Wildman–Crippen LogP) is 3.97. The van der Waals surface area contributed by atoms with Crippen molar-refractivity contribution in [1.82, 2.24) is 9.88 Å². The van der Waals surface area contributed by atoms with Crippen LogP contribution in [0.15, 0.2) is 53.7 Å². The summed E-state index contributed by atoms with van der Waals surface area (Å²) >= 11 is 7.02. The zero-order valence-corrected chi connectivity index (χ0v) is 13.0. The third-order valence-electron chi connectivity index (χ3n) is 3.16. The standard InChI is InChI=1S/C16H11ClN2O2S/c17-13-4-2-1-3-12(13)10-19-15(20)14(22-16(19)21)9-11-5-7-18-8-6-11/h1-9H,10H2/b14-9+. The van der Waals surface area contributed by atoms with Crippen molar-refractivity contribution >= 4 is 40.6 Å². The zero-order chi connectivity index (χ0) is 15.5. The number of benzene rings is 1. The first kappa shape index (κ1) is 14.8. The van der Waals surface area contributed by atoms with E-state index in [0.29, 0.717) is 9.93 Å². The van der Waals surface area contributed by atoms with E-state index >= 15 is 0 Å². The number of carbonyl (C=O) groups excluding carboxylic acids is 2. The minimum atomic E-state index is -0.299. The van der Waals surface area contributed by atoms with Gasteiger partial charge in [0.25, 0.3) is 11.1 Å². The highest BCUT2D eigenvalue weighted by Gasteiger charge is 2.35. The quantitative estimate of drug-likeness (QED) is 0.799. The minimum absolute atomic E-state index is 0.179. The van der Waals surface area contributed by atoms with Gasteiger partial charge in [0.1, 0.15) is 0 Å². The van der Waals surface area contributed by atoms with Gasteiger partial charge in [-0.1, -0.05) is 29.8 Å². The van der Waals surface area contributed by atoms with Gasteiger partial charge in [-0.05, 0) is 47.2 Å². The topological polar surface area (TPSA) is 50.3 Å². The third kappa shape index (κ3) is 3.05. The number of rotatable bonds is 3. The number of hydrogen-bond acceptors (Lipinski definition) is 4. The van der Waals surface area contributed by atoms with Crippen LogP contribution in [-0.2, 0) is 11.3 Å². The van der Waals surface area contributed by atoms with E-state index in [0.717, 1.165) is 22.9 Å². The summed E-state index contributed by atoms with van der Waals surface area (Å²) < 4.78 is 0. The molecule has 4 nitrogen and oxygen atoms in total. The minimum Gasteiger partial charge on any atom is -0.268 e. The van der Waals surface area contributed by atoms with Crippen molar-refractivity contribution in [3.63, 3.8) is 0 Å². The van der Waals surface area contributed by atoms with Gasteiger partial charge in [-0.25, -0.2) is 0 Å². The van der Waals surface area contributed by atoms with Crippen LogP contribution >= 0.6 is 23.4 Å². The monoisotopic (exact) mass is 330 g/mol. The van der Waals surface area contributed by atoms with E-state index in [1.54, 1.807) is 42.7 Å². The lowest BCUT2D eigenvalue weighted by Gasteiger charge is -2.13. The fourth-order valence-electron chi connectivity index (χ4n) is 2.04. The summed E-state index contributed by atoms with van der Waals surface area (Å²) in [5, 5.41) is 0.255. The molecule has 22 heavy (non-hydrogen) atoms. The van der Waals surface area contributed by atoms with Crippen molar-refractivity contribution in [2.75, 3.05) is 0 Å². The Balaban J connectivity index is 1.83. The molecule has 0 unspecified atom stereocenters. The molecule has 1 aromatic carbocycles. The Hall–Kier alpha value is -2.11. The fraction of sp³-hybridized carbons (Fsp3) is 0.0625. The molecule has 1 saturated heterocycles. The first-order valence-corrected chi connectivity index (χ1v) is 7.73. The average Bonchev–Trinajstić information content (AvgIpc) is 2.78. The summed E-state index contributed by atoms with van der Waals surface area (Å²) in [6, 6.07) is 10.7. The Morgan fingerprint density at radius 3 is 2.59 bits per heavy atom. The number of aromatic nitrogens is 1. The van der Waals surface area contributed by atoms with Crippen LogP contribution in [-0.4, -0.2) is 21.0 Å². The van der Waals surface area contributed by atoms with Gasteiger partial charge in [-0.3, -0.25) is 19.5 Å². The number of carbonyl (C=O) groups is 2. The molecule has 1 aliphatic heterocycles. The van der Waals surface area contributed by atoms with Crippen LogP contribution in [0.3, 0.4) is 0 Å². The highest BCUT2D eigenvalue weighted by atomic mass is 35.5. The van der Waals surface area contributed by atoms with Crippen LogP contribution in [0.25, 0.3) is 6.08 Å². The largest absolute Gasteiger partial charge is 0.293 e. The van der Waals surface area contributed by atoms with Crippen LogP contribution in [0, 0.1) is 0 Å². The first-order valence-electron chi connectivity index (χ1n) is 6.54. The van der Waals surface area contributed by atoms with Crippen LogP contribution in [0.1, 0.15) is 11.1 Å². The summed E-state index contributed by atoms with van der Waals surface area (Å²) in [5.41, 5.74) is 1.58. The lowest BCUT2D eigenvalue weighted by molar-refractivity contribution is -0.123. The highest BCUT2D eigenvalue weighted by Crippen LogP contribution is 2.33. The van der Waals surface area contributed by atoms with Crippen molar-refractivity contribution in [2.45, 2.75) is 6.54 Å². The maximum atomic E-state index is 12.4. The SMILES string of the molecule is O=C1S/C(=C/c2ccncc2)C(=O)N1Cc1ccccc1Cl. The van der Waals surface area contributed by atoms with E-state index in [-0.39, 0.29) is 17.7 Å². The van der Waals surface area contributed by atoms with Gasteiger partial charge >= 0.3 is 0 Å². The van der Waals surface area contributed by atoms with Crippen LogP contribution in [0.2, 0.25) is 5.02 Å². The van der Waals surface area contributed by atoms with Gasteiger partial charge in [0.2, 0.25) is 0 Å². The maximum absolute atomic E-state index is 12.4. The van der Waals surface area contributed by atoms with E-state index in [9.17, 15) is 9.59 Å². The Labute approximate surface area is 136 Å². The molecule has 2 amide bonds. The Kier molecular flexibility index (Phi) is 4.27. The van der Waals surface area contributed by atoms with Crippen molar-refractivity contribution in [3.8, 4) is 0 Å². The van der Waals surface area contributed by atoms with Crippen molar-refractivity contribution in [1.29, 1.82) is 0 Å². The molecule has 1 aromatic heterocycles. The molecule has 1 aliphatic rings. The Morgan fingerprint density at radius 2 is 1.86 bits per heavy atom. The average molecular weight is 331 g/mol. The zero-order valence-electron chi connectivity index (χ0n) is 11.4. The van der Waals surface area contributed by atoms with Gasteiger partial charge in [-0.2, -0.15) is 0 Å². The molecule has 0 atom stereocenters. The normalized spacial score (nSPS) is 16.6. The van der Waals surface area contributed by atoms with Gasteiger partial charge in [-0.15, -0.1) is 0 Å². The lowest BCUT2D eigenvalue weighted by Crippen LogP contribution is -2.27. The van der Waals surface area contributed by atoms with Gasteiger partial charge < -0.3 is 0 Å². The molecule has 2 aromatic rings. The Bertz CT molecular complexity index is 762. The molecule has 0 saturated carbocycles. The number of halogens is 1. The second kappa shape index (κ2) is 6.34. The molecule has 110 valence electrons. The summed E-state index contributed by atoms with van der Waals surface area (Å²) in [4.78, 5) is 30.0. The first-order chi connectivity index (χ1) is 10.6. The molecule has 1 fully saturated rings. The molecule has 0 N–H and O–H groups in total. The second-order valence-corrected chi connectivity index (χ2v) is 6.04. The molecular formula is C16H11ClN2O2S. The number of nitrogens with zero attached hydrogens (tertiary/aromatic N) is 2. The predicted molar refractivity (Wildman–Crippen MR) is 87.2 cm³/mol. The third-order valence-corrected chi connectivity index (χ3v) is 4.44. The maximum Gasteiger partial charge on any atom is 0.293 e. The summed E-state index contributed by atoms with van der Waals surface area (Å²) in [6.07, 6.45) is 4.97. The smallest absolute Gasteiger partial charge is 0.268 e. The van der Waals surface area contributed by atoms with Crippen LogP contribution < -0.4 is 0 Å². The number of amides is 2.